The molecule has 1 heterocycles. The summed E-state index contributed by atoms with van der Waals surface area (Å²) in [4.78, 5) is 12.8. The normalized spacial score (nSPS) is 14.4. The Hall–Kier alpha value is -2.12. The molecule has 1 saturated carbocycles. The van der Waals surface area contributed by atoms with Crippen molar-refractivity contribution in [3.63, 3.8) is 0 Å². The molecule has 0 aliphatic heterocycles. The number of anilines is 1. The van der Waals surface area contributed by atoms with Crippen molar-refractivity contribution in [2.24, 2.45) is 5.92 Å². The molecule has 7 heteroatoms. The zero-order valence-corrected chi connectivity index (χ0v) is 16.1. The molecule has 6 nitrogen and oxygen atoms in total. The van der Waals surface area contributed by atoms with Gasteiger partial charge in [-0.15, -0.1) is 0 Å². The van der Waals surface area contributed by atoms with E-state index in [1.165, 1.54) is 0 Å². The third kappa shape index (κ3) is 3.41. The van der Waals surface area contributed by atoms with Gasteiger partial charge in [0.25, 0.3) is 0 Å². The van der Waals surface area contributed by atoms with Gasteiger partial charge in [0.2, 0.25) is 15.7 Å². The summed E-state index contributed by atoms with van der Waals surface area (Å²) in [7, 11) is -2.16. The summed E-state index contributed by atoms with van der Waals surface area (Å²) in [6, 6.07) is 8.31. The first-order valence-electron chi connectivity index (χ1n) is 8.67. The van der Waals surface area contributed by atoms with E-state index in [1.807, 2.05) is 11.5 Å². The zero-order chi connectivity index (χ0) is 18.9. The predicted octanol–water partition coefficient (Wildman–Crippen LogP) is 2.93. The molecular formula is C19H24N2O4S. The summed E-state index contributed by atoms with van der Waals surface area (Å²) in [6.07, 6.45) is 1.70. The van der Waals surface area contributed by atoms with Crippen molar-refractivity contribution in [1.82, 2.24) is 4.57 Å². The van der Waals surface area contributed by atoms with E-state index in [0.717, 1.165) is 18.5 Å². The summed E-state index contributed by atoms with van der Waals surface area (Å²) in [5.41, 5.74) is 1.46. The fourth-order valence-electron chi connectivity index (χ4n) is 3.03. The Morgan fingerprint density at radius 1 is 1.23 bits per heavy atom. The van der Waals surface area contributed by atoms with Gasteiger partial charge in [0, 0.05) is 25.3 Å². The quantitative estimate of drug-likeness (QED) is 0.806. The number of rotatable bonds is 7. The van der Waals surface area contributed by atoms with Crippen LogP contribution >= 0.6 is 0 Å². The lowest BCUT2D eigenvalue weighted by Crippen LogP contribution is -2.20. The number of methoxy groups -OCH3 is 1. The minimum Gasteiger partial charge on any atom is -0.383 e. The molecule has 2 aromatic rings. The smallest absolute Gasteiger partial charge is 0.228 e. The van der Waals surface area contributed by atoms with Crippen LogP contribution in [-0.2, 0) is 25.9 Å². The van der Waals surface area contributed by atoms with Gasteiger partial charge < -0.3 is 14.6 Å². The van der Waals surface area contributed by atoms with E-state index in [4.69, 9.17) is 4.74 Å². The van der Waals surface area contributed by atoms with Crippen LogP contribution in [0.4, 0.5) is 5.82 Å². The van der Waals surface area contributed by atoms with Crippen molar-refractivity contribution < 1.29 is 17.9 Å². The molecule has 0 radical (unpaired) electrons. The van der Waals surface area contributed by atoms with Gasteiger partial charge in [-0.3, -0.25) is 4.79 Å². The molecule has 0 saturated heterocycles. The molecule has 0 unspecified atom stereocenters. The average Bonchev–Trinajstić information content (AvgIpc) is 3.44. The Balaban J connectivity index is 2.15. The number of carbonyl (C=O) groups is 1. The van der Waals surface area contributed by atoms with Crippen molar-refractivity contribution in [3.05, 3.63) is 41.6 Å². The lowest BCUT2D eigenvalue weighted by Gasteiger charge is -2.14. The number of carbonyl (C=O) groups excluding carboxylic acids is 1. The van der Waals surface area contributed by atoms with E-state index in [-0.39, 0.29) is 21.6 Å². The van der Waals surface area contributed by atoms with Crippen LogP contribution in [0.25, 0.3) is 0 Å². The molecule has 140 valence electrons. The minimum atomic E-state index is -3.75. The summed E-state index contributed by atoms with van der Waals surface area (Å²) in [6.45, 7) is 4.53. The third-order valence-corrected chi connectivity index (χ3v) is 6.73. The second-order valence-electron chi connectivity index (χ2n) is 6.61. The third-order valence-electron chi connectivity index (χ3n) is 4.80. The van der Waals surface area contributed by atoms with E-state index in [1.54, 1.807) is 44.4 Å². The topological polar surface area (TPSA) is 77.4 Å². The fraction of sp³-hybridized carbons (Fsp3) is 0.421. The van der Waals surface area contributed by atoms with Gasteiger partial charge in [0.1, 0.15) is 10.7 Å². The molecule has 1 aliphatic rings. The highest BCUT2D eigenvalue weighted by molar-refractivity contribution is 7.91. The van der Waals surface area contributed by atoms with E-state index in [9.17, 15) is 13.2 Å². The highest BCUT2D eigenvalue weighted by Crippen LogP contribution is 2.37. The van der Waals surface area contributed by atoms with Crippen LogP contribution in [0.15, 0.2) is 40.1 Å². The zero-order valence-electron chi connectivity index (χ0n) is 15.3. The molecule has 0 atom stereocenters. The van der Waals surface area contributed by atoms with E-state index in [2.05, 4.69) is 5.32 Å². The number of hydrogen-bond donors (Lipinski definition) is 1. The molecule has 1 fully saturated rings. The number of sulfone groups is 1. The Bertz CT molecular complexity index is 913. The van der Waals surface area contributed by atoms with Crippen molar-refractivity contribution in [1.29, 1.82) is 0 Å². The first-order valence-corrected chi connectivity index (χ1v) is 10.2. The average molecular weight is 376 g/mol. The molecule has 26 heavy (non-hydrogen) atoms. The van der Waals surface area contributed by atoms with E-state index >= 15 is 0 Å². The maximum atomic E-state index is 13.3. The van der Waals surface area contributed by atoms with Crippen molar-refractivity contribution >= 4 is 21.6 Å². The maximum absolute atomic E-state index is 13.3. The first kappa shape index (κ1) is 18.7. The largest absolute Gasteiger partial charge is 0.383 e. The first-order chi connectivity index (χ1) is 12.4. The molecule has 1 aromatic heterocycles. The summed E-state index contributed by atoms with van der Waals surface area (Å²) >= 11 is 0. The van der Waals surface area contributed by atoms with Gasteiger partial charge in [-0.05, 0) is 44.4 Å². The van der Waals surface area contributed by atoms with Gasteiger partial charge in [-0.25, -0.2) is 8.42 Å². The molecule has 1 aliphatic carbocycles. The highest BCUT2D eigenvalue weighted by atomic mass is 32.2. The summed E-state index contributed by atoms with van der Waals surface area (Å²) in [5, 5.41) is 2.88. The minimum absolute atomic E-state index is 0.0198. The monoisotopic (exact) mass is 376 g/mol. The van der Waals surface area contributed by atoms with Gasteiger partial charge in [-0.2, -0.15) is 0 Å². The number of nitrogens with one attached hydrogen (secondary N) is 1. The molecular weight excluding hydrogens is 352 g/mol. The Morgan fingerprint density at radius 2 is 1.88 bits per heavy atom. The molecule has 1 N–H and O–H groups in total. The van der Waals surface area contributed by atoms with E-state index in [0.29, 0.717) is 24.5 Å². The second-order valence-corrected chi connectivity index (χ2v) is 8.50. The molecule has 1 aromatic carbocycles. The maximum Gasteiger partial charge on any atom is 0.228 e. The fourth-order valence-corrected chi connectivity index (χ4v) is 4.75. The van der Waals surface area contributed by atoms with Gasteiger partial charge >= 0.3 is 0 Å². The number of aromatic nitrogens is 1. The Kier molecular flexibility index (Phi) is 5.20. The Morgan fingerprint density at radius 3 is 2.46 bits per heavy atom. The lowest BCUT2D eigenvalue weighted by atomic mass is 10.3. The van der Waals surface area contributed by atoms with Crippen molar-refractivity contribution in [2.75, 3.05) is 19.0 Å². The van der Waals surface area contributed by atoms with Crippen LogP contribution < -0.4 is 5.32 Å². The molecule has 1 amide bonds. The standard InChI is InChI=1S/C19H24N2O4S/c1-13-14(2)21(11-12-25-3)18(20-19(22)15-9-10-15)17(13)26(23,24)16-7-5-4-6-8-16/h4-8,15H,9-12H2,1-3H3,(H,20,22). The van der Waals surface area contributed by atoms with Crippen molar-refractivity contribution in [2.45, 2.75) is 43.0 Å². The number of nitrogens with zero attached hydrogens (tertiary/aromatic N) is 1. The van der Waals surface area contributed by atoms with Crippen LogP contribution in [-0.4, -0.2) is 32.6 Å². The van der Waals surface area contributed by atoms with Crippen LogP contribution in [0.1, 0.15) is 24.1 Å². The number of ether oxygens (including phenoxy) is 1. The molecule has 3 rings (SSSR count). The highest BCUT2D eigenvalue weighted by Gasteiger charge is 2.34. The number of benzene rings is 1. The second kappa shape index (κ2) is 7.25. The molecule has 0 spiro atoms. The summed E-state index contributed by atoms with van der Waals surface area (Å²) in [5.74, 6) is 0.206. The van der Waals surface area contributed by atoms with E-state index < -0.39 is 9.84 Å². The number of hydrogen-bond acceptors (Lipinski definition) is 4. The van der Waals surface area contributed by atoms with Gasteiger partial charge in [0.15, 0.2) is 0 Å². The van der Waals surface area contributed by atoms with Crippen LogP contribution in [0.5, 0.6) is 0 Å². The lowest BCUT2D eigenvalue weighted by molar-refractivity contribution is -0.117. The van der Waals surface area contributed by atoms with Gasteiger partial charge in [-0.1, -0.05) is 18.2 Å². The summed E-state index contributed by atoms with van der Waals surface area (Å²) < 4.78 is 33.6. The van der Waals surface area contributed by atoms with Gasteiger partial charge in [0.05, 0.1) is 11.5 Å². The number of amides is 1. The Labute approximate surface area is 154 Å². The van der Waals surface area contributed by atoms with Crippen LogP contribution in [0, 0.1) is 19.8 Å². The van der Waals surface area contributed by atoms with Crippen LogP contribution in [0.2, 0.25) is 0 Å². The predicted molar refractivity (Wildman–Crippen MR) is 99.0 cm³/mol. The SMILES string of the molecule is COCCn1c(C)c(C)c(S(=O)(=O)c2ccccc2)c1NC(=O)C1CC1. The van der Waals surface area contributed by atoms with Crippen molar-refractivity contribution in [3.8, 4) is 0 Å². The van der Waals surface area contributed by atoms with Crippen LogP contribution in [0.3, 0.4) is 0 Å². The molecule has 0 bridgehead atoms.